The number of carbonyl (C=O) groups is 6. The predicted octanol–water partition coefficient (Wildman–Crippen LogP) is 4.36. The highest BCUT2D eigenvalue weighted by Gasteiger charge is 2.49. The number of carbonyl (C=O) groups excluding carboxylic acids is 6. The van der Waals surface area contributed by atoms with Crippen LogP contribution in [0.5, 0.6) is 5.75 Å². The first-order valence-corrected chi connectivity index (χ1v) is 22.8. The third kappa shape index (κ3) is 11.0. The first-order valence-electron chi connectivity index (χ1n) is 22.8. The molecular formula is C45H50F6N10O9. The zero-order valence-electron chi connectivity index (χ0n) is 37.8. The average Bonchev–Trinajstić information content (AvgIpc) is 3.93. The van der Waals surface area contributed by atoms with Gasteiger partial charge in [0.2, 0.25) is 17.8 Å². The number of anilines is 5. The van der Waals surface area contributed by atoms with Gasteiger partial charge in [-0.2, -0.15) is 13.8 Å². The van der Waals surface area contributed by atoms with Crippen molar-refractivity contribution in [2.45, 2.75) is 81.8 Å². The molecule has 5 heterocycles. The maximum Gasteiger partial charge on any atom is 0.573 e. The summed E-state index contributed by atoms with van der Waals surface area (Å²) in [6.07, 6.45) is -0.620. The molecule has 1 saturated carbocycles. The molecule has 4 aliphatic heterocycles. The normalized spacial score (nSPS) is 20.1. The Hall–Kier alpha value is -6.60. The van der Waals surface area contributed by atoms with E-state index in [1.54, 1.807) is 12.1 Å². The lowest BCUT2D eigenvalue weighted by Gasteiger charge is -2.32. The van der Waals surface area contributed by atoms with Crippen molar-refractivity contribution in [3.8, 4) is 5.75 Å². The van der Waals surface area contributed by atoms with Crippen molar-refractivity contribution in [1.29, 1.82) is 0 Å². The summed E-state index contributed by atoms with van der Waals surface area (Å²) in [7, 11) is 1.14. The standard InChI is InChI=1S/C45H50F6N10O9/c1-58-33-23-53-43(57-37(33)60(26-5-2-3-6-26)24-44(47,48)42(58)67)55-31-22-29(46)28(21-34(31)70-45(49,50)51)38(63)54-25-11-14-59(15-12-25)16-18-69-20-19-68-17-13-52-30-8-4-7-27-36(30)41(66)61(40(27)65)32-9-10-35(62)56-39(32)64/h4,7-8,21-23,25-26,32,52H,2-3,5-6,9-20,24H2,1H3,(H,54,63)(H,53,55,57)(H,56,62,64). The van der Waals surface area contributed by atoms with E-state index >= 15 is 13.2 Å². The van der Waals surface area contributed by atoms with E-state index in [1.165, 1.54) is 11.0 Å². The lowest BCUT2D eigenvalue weighted by molar-refractivity contribution is -0.274. The van der Waals surface area contributed by atoms with E-state index in [-0.39, 0.29) is 55.3 Å². The fraction of sp³-hybridized carbons (Fsp3) is 0.511. The van der Waals surface area contributed by atoms with Gasteiger partial charge in [-0.25, -0.2) is 9.37 Å². The van der Waals surface area contributed by atoms with Crippen LogP contribution < -0.4 is 35.8 Å². The topological polar surface area (TPSA) is 217 Å². The summed E-state index contributed by atoms with van der Waals surface area (Å²) >= 11 is 0. The van der Waals surface area contributed by atoms with Gasteiger partial charge in [0.25, 0.3) is 23.6 Å². The number of amides is 6. The molecule has 1 aliphatic carbocycles. The number of fused-ring (bicyclic) bond motifs is 2. The largest absolute Gasteiger partial charge is 0.573 e. The molecule has 5 aliphatic rings. The third-order valence-corrected chi connectivity index (χ3v) is 12.8. The number of alkyl halides is 5. The maximum absolute atomic E-state index is 15.6. The van der Waals surface area contributed by atoms with Crippen molar-refractivity contribution >= 4 is 64.3 Å². The van der Waals surface area contributed by atoms with Crippen molar-refractivity contribution in [1.82, 2.24) is 30.4 Å². The second kappa shape index (κ2) is 20.8. The van der Waals surface area contributed by atoms with Crippen LogP contribution in [0.15, 0.2) is 36.5 Å². The fourth-order valence-corrected chi connectivity index (χ4v) is 9.26. The van der Waals surface area contributed by atoms with Crippen molar-refractivity contribution < 1.29 is 69.3 Å². The Morgan fingerprint density at radius 3 is 2.37 bits per heavy atom. The van der Waals surface area contributed by atoms with E-state index in [9.17, 15) is 41.9 Å². The smallest absolute Gasteiger partial charge is 0.404 e. The van der Waals surface area contributed by atoms with Crippen LogP contribution in [-0.4, -0.2) is 152 Å². The molecule has 1 unspecified atom stereocenters. The Kier molecular flexibility index (Phi) is 14.8. The molecule has 3 aromatic rings. The Balaban J connectivity index is 0.778. The number of halogens is 6. The summed E-state index contributed by atoms with van der Waals surface area (Å²) in [4.78, 5) is 89.6. The molecule has 8 rings (SSSR count). The Morgan fingerprint density at radius 1 is 0.929 bits per heavy atom. The van der Waals surface area contributed by atoms with Crippen LogP contribution in [-0.2, 0) is 23.9 Å². The van der Waals surface area contributed by atoms with Gasteiger partial charge in [0.1, 0.15) is 17.5 Å². The molecule has 3 fully saturated rings. The second-order valence-corrected chi connectivity index (χ2v) is 17.5. The summed E-state index contributed by atoms with van der Waals surface area (Å²) in [5.74, 6) is -11.2. The molecular weight excluding hydrogens is 939 g/mol. The monoisotopic (exact) mass is 988 g/mol. The number of aromatic nitrogens is 2. The van der Waals surface area contributed by atoms with Gasteiger partial charge in [-0.1, -0.05) is 18.9 Å². The van der Waals surface area contributed by atoms with Gasteiger partial charge in [-0.05, 0) is 50.3 Å². The number of benzene rings is 2. The number of hydrogen-bond donors (Lipinski definition) is 4. The third-order valence-electron chi connectivity index (χ3n) is 12.8. The zero-order valence-corrected chi connectivity index (χ0v) is 37.8. The van der Waals surface area contributed by atoms with Crippen LogP contribution in [0.4, 0.5) is 55.2 Å². The minimum atomic E-state index is -5.27. The molecule has 376 valence electrons. The number of rotatable bonds is 17. The zero-order chi connectivity index (χ0) is 49.9. The lowest BCUT2D eigenvalue weighted by atomic mass is 10.0. The highest BCUT2D eigenvalue weighted by Crippen LogP contribution is 2.41. The molecule has 4 N–H and O–H groups in total. The Labute approximate surface area is 396 Å². The van der Waals surface area contributed by atoms with Gasteiger partial charge in [0.15, 0.2) is 11.6 Å². The maximum atomic E-state index is 15.6. The minimum absolute atomic E-state index is 0.0149. The molecule has 70 heavy (non-hydrogen) atoms. The summed E-state index contributed by atoms with van der Waals surface area (Å²) in [5, 5.41) is 10.4. The number of likely N-dealkylation sites (tertiary alicyclic amines) is 1. The summed E-state index contributed by atoms with van der Waals surface area (Å²) in [6, 6.07) is 4.10. The first-order chi connectivity index (χ1) is 33.4. The van der Waals surface area contributed by atoms with Crippen molar-refractivity contribution in [2.24, 2.45) is 0 Å². The fourth-order valence-electron chi connectivity index (χ4n) is 9.26. The molecule has 2 saturated heterocycles. The number of imide groups is 2. The molecule has 6 amide bonds. The first kappa shape index (κ1) is 49.8. The van der Waals surface area contributed by atoms with E-state index in [1.807, 2.05) is 0 Å². The van der Waals surface area contributed by atoms with Crippen LogP contribution in [0.25, 0.3) is 0 Å². The van der Waals surface area contributed by atoms with Crippen molar-refractivity contribution in [2.75, 3.05) is 86.6 Å². The molecule has 25 heteroatoms. The van der Waals surface area contributed by atoms with Crippen molar-refractivity contribution in [3.05, 3.63) is 59.0 Å². The van der Waals surface area contributed by atoms with Gasteiger partial charge < -0.3 is 44.9 Å². The summed E-state index contributed by atoms with van der Waals surface area (Å²) in [5.41, 5.74) is -0.659. The van der Waals surface area contributed by atoms with Gasteiger partial charge in [-0.15, -0.1) is 13.2 Å². The number of nitrogens with one attached hydrogen (secondary N) is 4. The van der Waals surface area contributed by atoms with Gasteiger partial charge in [0.05, 0.1) is 61.5 Å². The predicted molar refractivity (Wildman–Crippen MR) is 237 cm³/mol. The van der Waals surface area contributed by atoms with Gasteiger partial charge in [0, 0.05) is 63.5 Å². The van der Waals surface area contributed by atoms with Gasteiger partial charge >= 0.3 is 12.3 Å². The quantitative estimate of drug-likeness (QED) is 0.0840. The van der Waals surface area contributed by atoms with E-state index in [0.717, 1.165) is 35.9 Å². The van der Waals surface area contributed by atoms with E-state index in [0.29, 0.717) is 76.3 Å². The van der Waals surface area contributed by atoms with Crippen LogP contribution in [0.1, 0.15) is 82.4 Å². The number of ether oxygens (including phenoxy) is 3. The van der Waals surface area contributed by atoms with E-state index < -0.39 is 101 Å². The molecule has 1 aromatic heterocycles. The number of hydrogen-bond acceptors (Lipinski definition) is 15. The number of piperidine rings is 2. The number of nitrogens with zero attached hydrogens (tertiary/aromatic N) is 6. The van der Waals surface area contributed by atoms with E-state index in [4.69, 9.17) is 9.47 Å². The molecule has 19 nitrogen and oxygen atoms in total. The van der Waals surface area contributed by atoms with Gasteiger partial charge in [-0.3, -0.25) is 39.0 Å². The SMILES string of the molecule is CN1C(=O)C(F)(F)CN(C2CCCC2)c2nc(Nc3cc(F)c(C(=O)NC4CCN(CCOCCOCCNc5cccc6c5C(=O)N(C5CCC(=O)NC5=O)C6=O)CC4)cc3OC(F)(F)F)ncc21. The molecule has 0 spiro atoms. The summed E-state index contributed by atoms with van der Waals surface area (Å²) < 4.78 is 102. The van der Waals surface area contributed by atoms with Crippen LogP contribution >= 0.6 is 0 Å². The van der Waals surface area contributed by atoms with Crippen LogP contribution in [0.2, 0.25) is 0 Å². The lowest BCUT2D eigenvalue weighted by Crippen LogP contribution is -2.54. The Bertz CT molecular complexity index is 2520. The van der Waals surface area contributed by atoms with E-state index in [2.05, 4.69) is 40.9 Å². The van der Waals surface area contributed by atoms with Crippen LogP contribution in [0.3, 0.4) is 0 Å². The highest BCUT2D eigenvalue weighted by molar-refractivity contribution is 6.25. The summed E-state index contributed by atoms with van der Waals surface area (Å²) in [6.45, 7) is 2.09. The highest BCUT2D eigenvalue weighted by atomic mass is 19.4. The minimum Gasteiger partial charge on any atom is -0.404 e. The average molecular weight is 989 g/mol. The molecule has 2 aromatic carbocycles. The van der Waals surface area contributed by atoms with Crippen molar-refractivity contribution in [3.63, 3.8) is 0 Å². The molecule has 0 bridgehead atoms. The molecule has 0 radical (unpaired) electrons. The molecule has 1 atom stereocenters. The second-order valence-electron chi connectivity index (χ2n) is 17.5. The van der Waals surface area contributed by atoms with Crippen LogP contribution in [0, 0.1) is 5.82 Å². The Morgan fingerprint density at radius 2 is 1.66 bits per heavy atom.